The Hall–Kier alpha value is -2.18. The molecule has 1 heterocycles. The lowest BCUT2D eigenvalue weighted by Crippen LogP contribution is -2.14. The van der Waals surface area contributed by atoms with Gasteiger partial charge in [-0.3, -0.25) is 4.79 Å². The van der Waals surface area contributed by atoms with Crippen LogP contribution in [0.15, 0.2) is 52.2 Å². The van der Waals surface area contributed by atoms with E-state index in [1.54, 1.807) is 12.1 Å². The van der Waals surface area contributed by atoms with Crippen molar-refractivity contribution in [1.82, 2.24) is 4.98 Å². The molecule has 3 rings (SSSR count). The second-order valence-corrected chi connectivity index (χ2v) is 7.80. The molecule has 0 fully saturated rings. The Labute approximate surface area is 154 Å². The van der Waals surface area contributed by atoms with E-state index >= 15 is 0 Å². The maximum Gasteiger partial charge on any atom is 0.234 e. The summed E-state index contributed by atoms with van der Waals surface area (Å²) in [6.45, 7) is 4.01. The lowest BCUT2D eigenvalue weighted by Gasteiger charge is -2.06. The Balaban J connectivity index is 1.58. The highest BCUT2D eigenvalue weighted by Gasteiger charge is 2.09. The molecule has 2 aromatic carbocycles. The van der Waals surface area contributed by atoms with Crippen LogP contribution in [0.2, 0.25) is 0 Å². The van der Waals surface area contributed by atoms with E-state index in [0.29, 0.717) is 5.75 Å². The maximum atomic E-state index is 13.0. The first-order chi connectivity index (χ1) is 12.0. The molecule has 128 valence electrons. The molecule has 0 aliphatic carbocycles. The quantitative estimate of drug-likeness (QED) is 0.618. The second-order valence-electron chi connectivity index (χ2n) is 5.72. The third-order valence-corrected chi connectivity index (χ3v) is 5.48. The van der Waals surface area contributed by atoms with Gasteiger partial charge in [-0.25, -0.2) is 9.37 Å². The fourth-order valence-corrected chi connectivity index (χ4v) is 4.08. The van der Waals surface area contributed by atoms with Gasteiger partial charge >= 0.3 is 0 Å². The number of rotatable bonds is 5. The van der Waals surface area contributed by atoms with Crippen molar-refractivity contribution < 1.29 is 9.18 Å². The van der Waals surface area contributed by atoms with Crippen LogP contribution in [0.4, 0.5) is 10.1 Å². The molecule has 0 saturated heterocycles. The number of nitrogens with zero attached hydrogens (tertiary/aromatic N) is 1. The smallest absolute Gasteiger partial charge is 0.234 e. The molecule has 0 radical (unpaired) electrons. The van der Waals surface area contributed by atoms with Gasteiger partial charge in [0.1, 0.15) is 5.82 Å². The molecule has 0 bridgehead atoms. The van der Waals surface area contributed by atoms with Crippen molar-refractivity contribution in [2.75, 3.05) is 11.1 Å². The minimum absolute atomic E-state index is 0.0615. The Morgan fingerprint density at radius 1 is 1.16 bits per heavy atom. The van der Waals surface area contributed by atoms with E-state index in [4.69, 9.17) is 0 Å². The molecular formula is C19H17FN2OS2. The number of thiazole rings is 1. The monoisotopic (exact) mass is 372 g/mol. The van der Waals surface area contributed by atoms with Crippen molar-refractivity contribution in [2.45, 2.75) is 18.2 Å². The number of amides is 1. The number of aromatic nitrogens is 1. The predicted molar refractivity (Wildman–Crippen MR) is 103 cm³/mol. The van der Waals surface area contributed by atoms with Gasteiger partial charge in [0.05, 0.1) is 11.4 Å². The zero-order chi connectivity index (χ0) is 17.8. The first-order valence-electron chi connectivity index (χ1n) is 7.72. The van der Waals surface area contributed by atoms with Gasteiger partial charge in [0, 0.05) is 16.6 Å². The van der Waals surface area contributed by atoms with Gasteiger partial charge in [0.2, 0.25) is 5.91 Å². The fraction of sp³-hybridized carbons (Fsp3) is 0.158. The number of benzene rings is 2. The molecule has 1 amide bonds. The molecule has 0 atom stereocenters. The number of carbonyl (C=O) groups excluding carboxylic acids is 1. The standard InChI is InChI=1S/C19H17FN2OS2/c1-12-7-13(2)9-16(8-12)21-18(23)11-25-19-22-17(10-24-19)14-3-5-15(20)6-4-14/h3-10H,11H2,1-2H3,(H,21,23). The molecule has 25 heavy (non-hydrogen) atoms. The maximum absolute atomic E-state index is 13.0. The van der Waals surface area contributed by atoms with E-state index in [-0.39, 0.29) is 11.7 Å². The zero-order valence-electron chi connectivity index (χ0n) is 13.9. The minimum atomic E-state index is -0.267. The predicted octanol–water partition coefficient (Wildman–Crippen LogP) is 5.30. The highest BCUT2D eigenvalue weighted by Crippen LogP contribution is 2.28. The summed E-state index contributed by atoms with van der Waals surface area (Å²) >= 11 is 2.88. The summed E-state index contributed by atoms with van der Waals surface area (Å²) in [5.41, 5.74) is 4.71. The number of halogens is 1. The van der Waals surface area contributed by atoms with Gasteiger partial charge in [-0.05, 0) is 61.4 Å². The fourth-order valence-electron chi connectivity index (χ4n) is 2.45. The number of hydrogen-bond donors (Lipinski definition) is 1. The van der Waals surface area contributed by atoms with Crippen LogP contribution in [0, 0.1) is 19.7 Å². The topological polar surface area (TPSA) is 42.0 Å². The summed E-state index contributed by atoms with van der Waals surface area (Å²) in [5, 5.41) is 4.83. The van der Waals surface area contributed by atoms with E-state index in [9.17, 15) is 9.18 Å². The van der Waals surface area contributed by atoms with Gasteiger partial charge in [-0.1, -0.05) is 17.8 Å². The average molecular weight is 372 g/mol. The van der Waals surface area contributed by atoms with Crippen LogP contribution in [0.3, 0.4) is 0 Å². The third-order valence-electron chi connectivity index (χ3n) is 3.46. The van der Waals surface area contributed by atoms with Crippen molar-refractivity contribution in [3.63, 3.8) is 0 Å². The van der Waals surface area contributed by atoms with Crippen LogP contribution < -0.4 is 5.32 Å². The van der Waals surface area contributed by atoms with Crippen LogP contribution in [0.5, 0.6) is 0 Å². The average Bonchev–Trinajstić information content (AvgIpc) is 3.01. The lowest BCUT2D eigenvalue weighted by atomic mass is 10.1. The lowest BCUT2D eigenvalue weighted by molar-refractivity contribution is -0.113. The zero-order valence-corrected chi connectivity index (χ0v) is 15.5. The molecule has 3 aromatic rings. The molecule has 0 aliphatic heterocycles. The Morgan fingerprint density at radius 3 is 2.52 bits per heavy atom. The molecule has 0 aliphatic rings. The normalized spacial score (nSPS) is 10.7. The number of aryl methyl sites for hydroxylation is 2. The first kappa shape index (κ1) is 17.6. The Morgan fingerprint density at radius 2 is 1.84 bits per heavy atom. The van der Waals surface area contributed by atoms with Crippen LogP contribution in [0.1, 0.15) is 11.1 Å². The molecule has 0 unspecified atom stereocenters. The highest BCUT2D eigenvalue weighted by atomic mass is 32.2. The summed E-state index contributed by atoms with van der Waals surface area (Å²) in [7, 11) is 0. The van der Waals surface area contributed by atoms with E-state index < -0.39 is 0 Å². The van der Waals surface area contributed by atoms with Crippen LogP contribution in [-0.4, -0.2) is 16.6 Å². The van der Waals surface area contributed by atoms with Crippen molar-refractivity contribution in [3.05, 3.63) is 64.8 Å². The summed E-state index contributed by atoms with van der Waals surface area (Å²) in [5.74, 6) is -0.0335. The minimum Gasteiger partial charge on any atom is -0.325 e. The van der Waals surface area contributed by atoms with Crippen LogP contribution in [-0.2, 0) is 4.79 Å². The van der Waals surface area contributed by atoms with Crippen LogP contribution in [0.25, 0.3) is 11.3 Å². The van der Waals surface area contributed by atoms with Gasteiger partial charge in [-0.15, -0.1) is 11.3 Å². The van der Waals surface area contributed by atoms with E-state index in [2.05, 4.69) is 16.4 Å². The van der Waals surface area contributed by atoms with Crippen molar-refractivity contribution in [1.29, 1.82) is 0 Å². The number of carbonyl (C=O) groups is 1. The van der Waals surface area contributed by atoms with Gasteiger partial charge in [-0.2, -0.15) is 0 Å². The van der Waals surface area contributed by atoms with Gasteiger partial charge in [0.25, 0.3) is 0 Å². The van der Waals surface area contributed by atoms with Crippen molar-refractivity contribution in [2.24, 2.45) is 0 Å². The highest BCUT2D eigenvalue weighted by molar-refractivity contribution is 8.01. The largest absolute Gasteiger partial charge is 0.325 e. The SMILES string of the molecule is Cc1cc(C)cc(NC(=O)CSc2nc(-c3ccc(F)cc3)cs2)c1. The second kappa shape index (κ2) is 7.80. The summed E-state index contributed by atoms with van der Waals surface area (Å²) in [4.78, 5) is 16.6. The van der Waals surface area contributed by atoms with Gasteiger partial charge in [0.15, 0.2) is 4.34 Å². The molecule has 1 aromatic heterocycles. The number of hydrogen-bond acceptors (Lipinski definition) is 4. The summed E-state index contributed by atoms with van der Waals surface area (Å²) in [6.07, 6.45) is 0. The first-order valence-corrected chi connectivity index (χ1v) is 9.58. The van der Waals surface area contributed by atoms with E-state index in [1.165, 1.54) is 35.2 Å². The van der Waals surface area contributed by atoms with E-state index in [1.807, 2.05) is 31.4 Å². The summed E-state index contributed by atoms with van der Waals surface area (Å²) in [6, 6.07) is 12.2. The third kappa shape index (κ3) is 4.90. The van der Waals surface area contributed by atoms with E-state index in [0.717, 1.165) is 32.4 Å². The van der Waals surface area contributed by atoms with Crippen molar-refractivity contribution in [3.8, 4) is 11.3 Å². The number of thioether (sulfide) groups is 1. The molecule has 0 saturated carbocycles. The van der Waals surface area contributed by atoms with Gasteiger partial charge < -0.3 is 5.32 Å². The Bertz CT molecular complexity index is 870. The molecule has 6 heteroatoms. The molecule has 0 spiro atoms. The van der Waals surface area contributed by atoms with Crippen LogP contribution >= 0.6 is 23.1 Å². The van der Waals surface area contributed by atoms with Crippen molar-refractivity contribution >= 4 is 34.7 Å². The summed E-state index contributed by atoms with van der Waals surface area (Å²) < 4.78 is 13.8. The number of anilines is 1. The molecule has 1 N–H and O–H groups in total. The number of nitrogens with one attached hydrogen (secondary N) is 1. The Kier molecular flexibility index (Phi) is 5.50. The molecule has 3 nitrogen and oxygen atoms in total. The molecular weight excluding hydrogens is 355 g/mol.